The molecule has 0 saturated carbocycles. The molecule has 0 unspecified atom stereocenters. The van der Waals surface area contributed by atoms with Gasteiger partial charge in [-0.3, -0.25) is 14.5 Å². The van der Waals surface area contributed by atoms with Crippen LogP contribution in [0.1, 0.15) is 34.0 Å². The summed E-state index contributed by atoms with van der Waals surface area (Å²) >= 11 is 0. The number of benzene rings is 5. The fourth-order valence-electron chi connectivity index (χ4n) is 5.21. The Bertz CT molecular complexity index is 1650. The summed E-state index contributed by atoms with van der Waals surface area (Å²) in [5.41, 5.74) is 3.71. The monoisotopic (exact) mass is 628 g/mol. The van der Waals surface area contributed by atoms with E-state index in [-0.39, 0.29) is 25.6 Å². The molecule has 0 aromatic heterocycles. The standard InChI is InChI=1S/C40H40N2O5/c1-2-45-39(43)31-42(30-34-18-12-23-38(26-34)47-36-20-10-5-11-21-36)40(44)35-19-13-22-37(27-35)46-25-24-41(28-32-14-6-3-7-15-32)29-33-16-8-4-9-17-33/h3-23,26-27H,2,24-25,28-31H2,1H3. The van der Waals surface area contributed by atoms with Gasteiger partial charge < -0.3 is 19.1 Å². The van der Waals surface area contributed by atoms with Gasteiger partial charge in [0, 0.05) is 31.7 Å². The zero-order valence-electron chi connectivity index (χ0n) is 26.7. The third-order valence-corrected chi connectivity index (χ3v) is 7.42. The minimum Gasteiger partial charge on any atom is -0.492 e. The number of ether oxygens (including phenoxy) is 3. The summed E-state index contributed by atoms with van der Waals surface area (Å²) in [6.07, 6.45) is 0. The van der Waals surface area contributed by atoms with Crippen molar-refractivity contribution in [2.75, 3.05) is 26.3 Å². The molecule has 7 heteroatoms. The molecular weight excluding hydrogens is 588 g/mol. The van der Waals surface area contributed by atoms with Crippen LogP contribution in [-0.2, 0) is 29.2 Å². The number of nitrogens with zero attached hydrogens (tertiary/aromatic N) is 2. The lowest BCUT2D eigenvalue weighted by Crippen LogP contribution is -2.36. The summed E-state index contributed by atoms with van der Waals surface area (Å²) in [5, 5.41) is 0. The molecule has 0 atom stereocenters. The minimum absolute atomic E-state index is 0.185. The summed E-state index contributed by atoms with van der Waals surface area (Å²) in [7, 11) is 0. The molecule has 0 aliphatic rings. The first kappa shape index (κ1) is 33.0. The number of amides is 1. The molecule has 1 amide bonds. The van der Waals surface area contributed by atoms with Gasteiger partial charge in [0.25, 0.3) is 5.91 Å². The second kappa shape index (κ2) is 17.3. The first-order valence-electron chi connectivity index (χ1n) is 15.9. The van der Waals surface area contributed by atoms with Gasteiger partial charge in [-0.25, -0.2) is 0 Å². The van der Waals surface area contributed by atoms with Gasteiger partial charge in [-0.1, -0.05) is 97.1 Å². The van der Waals surface area contributed by atoms with Gasteiger partial charge in [-0.2, -0.15) is 0 Å². The SMILES string of the molecule is CCOC(=O)CN(Cc1cccc(Oc2ccccc2)c1)C(=O)c1cccc(OCCN(Cc2ccccc2)Cc2ccccc2)c1. The Hall–Kier alpha value is -5.40. The van der Waals surface area contributed by atoms with Crippen molar-refractivity contribution in [1.82, 2.24) is 9.80 Å². The Balaban J connectivity index is 1.26. The van der Waals surface area contributed by atoms with E-state index < -0.39 is 5.97 Å². The van der Waals surface area contributed by atoms with E-state index in [0.29, 0.717) is 36.0 Å². The molecule has 0 saturated heterocycles. The number of rotatable bonds is 16. The zero-order valence-corrected chi connectivity index (χ0v) is 26.7. The van der Waals surface area contributed by atoms with Gasteiger partial charge in [0.15, 0.2) is 0 Å². The van der Waals surface area contributed by atoms with Crippen LogP contribution in [0, 0.1) is 0 Å². The summed E-state index contributed by atoms with van der Waals surface area (Å²) in [4.78, 5) is 30.2. The highest BCUT2D eigenvalue weighted by Crippen LogP contribution is 2.23. The lowest BCUT2D eigenvalue weighted by molar-refractivity contribution is -0.143. The number of carbonyl (C=O) groups excluding carboxylic acids is 2. The smallest absolute Gasteiger partial charge is 0.325 e. The van der Waals surface area contributed by atoms with E-state index in [1.54, 1.807) is 25.1 Å². The predicted molar refractivity (Wildman–Crippen MR) is 183 cm³/mol. The fourth-order valence-corrected chi connectivity index (χ4v) is 5.21. The van der Waals surface area contributed by atoms with Gasteiger partial charge in [0.05, 0.1) is 6.61 Å². The lowest BCUT2D eigenvalue weighted by Gasteiger charge is -2.23. The molecule has 0 radical (unpaired) electrons. The van der Waals surface area contributed by atoms with Crippen molar-refractivity contribution >= 4 is 11.9 Å². The number of para-hydroxylation sites is 1. The summed E-state index contributed by atoms with van der Waals surface area (Å²) in [6.45, 7) is 4.71. The number of carbonyl (C=O) groups is 2. The van der Waals surface area contributed by atoms with Gasteiger partial charge >= 0.3 is 5.97 Å². The quantitative estimate of drug-likeness (QED) is 0.104. The van der Waals surface area contributed by atoms with Crippen LogP contribution in [0.4, 0.5) is 0 Å². The van der Waals surface area contributed by atoms with Crippen molar-refractivity contribution in [3.05, 3.63) is 162 Å². The molecule has 0 aliphatic heterocycles. The maximum absolute atomic E-state index is 13.8. The molecule has 0 fully saturated rings. The number of esters is 1. The van der Waals surface area contributed by atoms with Crippen LogP contribution >= 0.6 is 0 Å². The largest absolute Gasteiger partial charge is 0.492 e. The van der Waals surface area contributed by atoms with Crippen LogP contribution in [0.2, 0.25) is 0 Å². The first-order chi connectivity index (χ1) is 23.1. The van der Waals surface area contributed by atoms with Crippen LogP contribution < -0.4 is 9.47 Å². The Morgan fingerprint density at radius 1 is 0.596 bits per heavy atom. The Morgan fingerprint density at radius 3 is 1.83 bits per heavy atom. The van der Waals surface area contributed by atoms with E-state index in [1.807, 2.05) is 72.8 Å². The molecule has 0 N–H and O–H groups in total. The van der Waals surface area contributed by atoms with Crippen LogP contribution in [0.15, 0.2) is 140 Å². The maximum atomic E-state index is 13.8. The molecule has 240 valence electrons. The highest BCUT2D eigenvalue weighted by molar-refractivity contribution is 5.96. The van der Waals surface area contributed by atoms with Crippen molar-refractivity contribution in [2.45, 2.75) is 26.6 Å². The second-order valence-corrected chi connectivity index (χ2v) is 11.1. The molecule has 0 heterocycles. The third kappa shape index (κ3) is 10.6. The van der Waals surface area contributed by atoms with Crippen molar-refractivity contribution in [2.24, 2.45) is 0 Å². The molecular formula is C40H40N2O5. The van der Waals surface area contributed by atoms with Crippen LogP contribution in [0.3, 0.4) is 0 Å². The number of hydrogen-bond acceptors (Lipinski definition) is 6. The molecule has 0 bridgehead atoms. The average Bonchev–Trinajstić information content (AvgIpc) is 3.09. The topological polar surface area (TPSA) is 68.3 Å². The highest BCUT2D eigenvalue weighted by Gasteiger charge is 2.21. The normalized spacial score (nSPS) is 10.8. The van der Waals surface area contributed by atoms with E-state index in [9.17, 15) is 9.59 Å². The molecule has 7 nitrogen and oxygen atoms in total. The molecule has 47 heavy (non-hydrogen) atoms. The Morgan fingerprint density at radius 2 is 1.17 bits per heavy atom. The van der Waals surface area contributed by atoms with E-state index >= 15 is 0 Å². The predicted octanol–water partition coefficient (Wildman–Crippen LogP) is 7.77. The molecule has 0 spiro atoms. The van der Waals surface area contributed by atoms with Crippen molar-refractivity contribution in [1.29, 1.82) is 0 Å². The van der Waals surface area contributed by atoms with E-state index in [0.717, 1.165) is 18.7 Å². The Labute approximate surface area is 276 Å². The van der Waals surface area contributed by atoms with E-state index in [4.69, 9.17) is 14.2 Å². The highest BCUT2D eigenvalue weighted by atomic mass is 16.5. The molecule has 5 aromatic rings. The van der Waals surface area contributed by atoms with Gasteiger partial charge in [0.2, 0.25) is 0 Å². The van der Waals surface area contributed by atoms with Gasteiger partial charge in [-0.05, 0) is 66.1 Å². The Kier molecular flexibility index (Phi) is 12.2. The third-order valence-electron chi connectivity index (χ3n) is 7.42. The maximum Gasteiger partial charge on any atom is 0.325 e. The van der Waals surface area contributed by atoms with Gasteiger partial charge in [-0.15, -0.1) is 0 Å². The van der Waals surface area contributed by atoms with Crippen molar-refractivity contribution in [3.8, 4) is 17.2 Å². The zero-order chi connectivity index (χ0) is 32.7. The summed E-state index contributed by atoms with van der Waals surface area (Å²) in [5.74, 6) is 1.17. The fraction of sp³-hybridized carbons (Fsp3) is 0.200. The minimum atomic E-state index is -0.470. The van der Waals surface area contributed by atoms with E-state index in [2.05, 4.69) is 53.4 Å². The summed E-state index contributed by atoms with van der Waals surface area (Å²) in [6, 6.07) is 44.9. The summed E-state index contributed by atoms with van der Waals surface area (Å²) < 4.78 is 17.4. The second-order valence-electron chi connectivity index (χ2n) is 11.1. The van der Waals surface area contributed by atoms with Crippen molar-refractivity contribution in [3.63, 3.8) is 0 Å². The first-order valence-corrected chi connectivity index (χ1v) is 15.9. The molecule has 5 aromatic carbocycles. The van der Waals surface area contributed by atoms with Gasteiger partial charge in [0.1, 0.15) is 30.4 Å². The van der Waals surface area contributed by atoms with Crippen LogP contribution in [0.5, 0.6) is 17.2 Å². The van der Waals surface area contributed by atoms with E-state index in [1.165, 1.54) is 16.0 Å². The average molecular weight is 629 g/mol. The van der Waals surface area contributed by atoms with Crippen LogP contribution in [0.25, 0.3) is 0 Å². The lowest BCUT2D eigenvalue weighted by atomic mass is 10.1. The van der Waals surface area contributed by atoms with Crippen LogP contribution in [-0.4, -0.2) is 48.0 Å². The molecule has 5 rings (SSSR count). The number of hydrogen-bond donors (Lipinski definition) is 0. The molecule has 0 aliphatic carbocycles. The van der Waals surface area contributed by atoms with Crippen molar-refractivity contribution < 1.29 is 23.8 Å².